The maximum atomic E-state index is 6.14. The summed E-state index contributed by atoms with van der Waals surface area (Å²) in [6, 6.07) is 10.6. The van der Waals surface area contributed by atoms with Gasteiger partial charge in [0.2, 0.25) is 0 Å². The lowest BCUT2D eigenvalue weighted by atomic mass is 9.89. The van der Waals surface area contributed by atoms with E-state index in [1.165, 1.54) is 5.56 Å². The van der Waals surface area contributed by atoms with Gasteiger partial charge in [0.15, 0.2) is 5.96 Å². The van der Waals surface area contributed by atoms with Crippen LogP contribution in [0, 0.1) is 5.92 Å². The highest BCUT2D eigenvalue weighted by Crippen LogP contribution is 2.33. The lowest BCUT2D eigenvalue weighted by molar-refractivity contribution is -0.0276. The third-order valence-corrected chi connectivity index (χ3v) is 5.77. The molecule has 0 saturated carbocycles. The van der Waals surface area contributed by atoms with Crippen LogP contribution in [0.25, 0.3) is 0 Å². The minimum absolute atomic E-state index is 0. The summed E-state index contributed by atoms with van der Waals surface area (Å²) in [5.41, 5.74) is 2.37. The maximum absolute atomic E-state index is 6.14. The van der Waals surface area contributed by atoms with E-state index < -0.39 is 0 Å². The molecule has 2 saturated heterocycles. The summed E-state index contributed by atoms with van der Waals surface area (Å²) >= 11 is 0. The Kier molecular flexibility index (Phi) is 8.52. The number of ether oxygens (including phenoxy) is 2. The number of rotatable bonds is 4. The number of benzene rings is 1. The van der Waals surface area contributed by atoms with Gasteiger partial charge in [-0.05, 0) is 18.4 Å². The number of hydrogen-bond acceptors (Lipinski definition) is 4. The van der Waals surface area contributed by atoms with Gasteiger partial charge >= 0.3 is 0 Å². The molecule has 0 amide bonds. The SMILES string of the molecule is CN=C(NCC1CCCOC1c1ccccc1)N1CCOC(c2cnn(C)c2)C1.I. The number of aliphatic imine (C=N–C) groups is 1. The molecule has 3 heterocycles. The summed E-state index contributed by atoms with van der Waals surface area (Å²) in [5.74, 6) is 1.36. The minimum atomic E-state index is 0. The number of aromatic nitrogens is 2. The number of hydrogen-bond donors (Lipinski definition) is 1. The molecule has 30 heavy (non-hydrogen) atoms. The first-order chi connectivity index (χ1) is 14.2. The molecule has 8 heteroatoms. The first-order valence-electron chi connectivity index (χ1n) is 10.5. The van der Waals surface area contributed by atoms with Gasteiger partial charge in [0, 0.05) is 51.5 Å². The van der Waals surface area contributed by atoms with E-state index in [0.717, 1.165) is 50.6 Å². The first-order valence-corrected chi connectivity index (χ1v) is 10.5. The number of aryl methyl sites for hydroxylation is 1. The van der Waals surface area contributed by atoms with Crippen LogP contribution in [0.1, 0.15) is 36.2 Å². The Morgan fingerprint density at radius 1 is 1.20 bits per heavy atom. The monoisotopic (exact) mass is 525 g/mol. The van der Waals surface area contributed by atoms with Crippen LogP contribution in [0.15, 0.2) is 47.7 Å². The molecule has 4 rings (SSSR count). The maximum Gasteiger partial charge on any atom is 0.193 e. The summed E-state index contributed by atoms with van der Waals surface area (Å²) in [4.78, 5) is 6.82. The van der Waals surface area contributed by atoms with E-state index >= 15 is 0 Å². The van der Waals surface area contributed by atoms with Crippen LogP contribution in [0.2, 0.25) is 0 Å². The lowest BCUT2D eigenvalue weighted by Crippen LogP contribution is -2.49. The number of morpholine rings is 1. The molecule has 3 atom stereocenters. The topological polar surface area (TPSA) is 63.9 Å². The standard InChI is InChI=1S/C22H31N5O2.HI/c1-23-22(27-10-12-28-20(16-27)19-14-25-26(2)15-19)24-13-18-9-6-11-29-21(18)17-7-4-3-5-8-17;/h3-5,7-8,14-15,18,20-21H,6,9-13,16H2,1-2H3,(H,23,24);1H. The van der Waals surface area contributed by atoms with Gasteiger partial charge in [-0.2, -0.15) is 5.10 Å². The van der Waals surface area contributed by atoms with Gasteiger partial charge in [0.25, 0.3) is 0 Å². The first kappa shape index (κ1) is 23.0. The number of nitrogens with zero attached hydrogens (tertiary/aromatic N) is 4. The van der Waals surface area contributed by atoms with Gasteiger partial charge in [0.1, 0.15) is 6.10 Å². The van der Waals surface area contributed by atoms with Crippen LogP contribution in [0.3, 0.4) is 0 Å². The second-order valence-corrected chi connectivity index (χ2v) is 7.79. The van der Waals surface area contributed by atoms with Crippen molar-refractivity contribution in [2.45, 2.75) is 25.0 Å². The lowest BCUT2D eigenvalue weighted by Gasteiger charge is -2.37. The van der Waals surface area contributed by atoms with E-state index in [0.29, 0.717) is 12.5 Å². The smallest absolute Gasteiger partial charge is 0.193 e. The second kappa shape index (κ2) is 11.1. The summed E-state index contributed by atoms with van der Waals surface area (Å²) in [6.07, 6.45) is 6.33. The van der Waals surface area contributed by atoms with Crippen LogP contribution in [0.5, 0.6) is 0 Å². The Hall–Kier alpha value is -1.65. The molecule has 3 unspecified atom stereocenters. The molecule has 0 radical (unpaired) electrons. The van der Waals surface area contributed by atoms with Gasteiger partial charge in [-0.1, -0.05) is 30.3 Å². The zero-order chi connectivity index (χ0) is 20.1. The Morgan fingerprint density at radius 3 is 2.77 bits per heavy atom. The summed E-state index contributed by atoms with van der Waals surface area (Å²) in [7, 11) is 3.78. The Labute approximate surface area is 195 Å². The summed E-state index contributed by atoms with van der Waals surface area (Å²) in [6.45, 7) is 3.97. The third-order valence-electron chi connectivity index (χ3n) is 5.77. The molecular formula is C22H32IN5O2. The van der Waals surface area contributed by atoms with Crippen molar-refractivity contribution in [1.82, 2.24) is 20.0 Å². The minimum Gasteiger partial charge on any atom is -0.373 e. The highest BCUT2D eigenvalue weighted by atomic mass is 127. The fraction of sp³-hybridized carbons (Fsp3) is 0.545. The predicted octanol–water partition coefficient (Wildman–Crippen LogP) is 3.15. The number of nitrogens with one attached hydrogen (secondary N) is 1. The van der Waals surface area contributed by atoms with Crippen LogP contribution >= 0.6 is 24.0 Å². The molecule has 1 N–H and O–H groups in total. The van der Waals surface area contributed by atoms with Crippen LogP contribution in [0.4, 0.5) is 0 Å². The van der Waals surface area contributed by atoms with E-state index in [1.807, 2.05) is 31.2 Å². The zero-order valence-corrected chi connectivity index (χ0v) is 20.1. The van der Waals surface area contributed by atoms with Crippen LogP contribution in [-0.4, -0.2) is 60.5 Å². The predicted molar refractivity (Wildman–Crippen MR) is 128 cm³/mol. The molecule has 0 aliphatic carbocycles. The normalized spacial score (nSPS) is 24.9. The van der Waals surface area contributed by atoms with Crippen LogP contribution < -0.4 is 5.32 Å². The van der Waals surface area contributed by atoms with Crippen molar-refractivity contribution < 1.29 is 9.47 Å². The molecule has 2 aliphatic rings. The van der Waals surface area contributed by atoms with Crippen molar-refractivity contribution in [1.29, 1.82) is 0 Å². The molecule has 2 aliphatic heterocycles. The zero-order valence-electron chi connectivity index (χ0n) is 17.7. The molecule has 0 spiro atoms. The largest absolute Gasteiger partial charge is 0.373 e. The van der Waals surface area contributed by atoms with E-state index in [9.17, 15) is 0 Å². The number of halogens is 1. The second-order valence-electron chi connectivity index (χ2n) is 7.79. The highest BCUT2D eigenvalue weighted by molar-refractivity contribution is 14.0. The fourth-order valence-corrected chi connectivity index (χ4v) is 4.27. The Morgan fingerprint density at radius 2 is 2.03 bits per heavy atom. The van der Waals surface area contributed by atoms with E-state index in [4.69, 9.17) is 9.47 Å². The Balaban J connectivity index is 0.00000256. The van der Waals surface area contributed by atoms with Gasteiger partial charge in [-0.3, -0.25) is 9.67 Å². The quantitative estimate of drug-likeness (QED) is 0.378. The molecule has 1 aromatic heterocycles. The molecule has 2 fully saturated rings. The van der Waals surface area contributed by atoms with E-state index in [-0.39, 0.29) is 36.2 Å². The van der Waals surface area contributed by atoms with Crippen molar-refractivity contribution in [3.05, 3.63) is 53.9 Å². The molecular weight excluding hydrogens is 493 g/mol. The number of guanidine groups is 1. The molecule has 2 aromatic rings. The third kappa shape index (κ3) is 5.53. The highest BCUT2D eigenvalue weighted by Gasteiger charge is 2.29. The van der Waals surface area contributed by atoms with Crippen molar-refractivity contribution >= 4 is 29.9 Å². The molecule has 1 aromatic carbocycles. The van der Waals surface area contributed by atoms with Crippen LogP contribution in [-0.2, 0) is 16.5 Å². The average molecular weight is 525 g/mol. The van der Waals surface area contributed by atoms with Crippen molar-refractivity contribution in [2.24, 2.45) is 18.0 Å². The Bertz CT molecular complexity index is 813. The molecule has 164 valence electrons. The average Bonchev–Trinajstić information content (AvgIpc) is 3.22. The molecule has 7 nitrogen and oxygen atoms in total. The van der Waals surface area contributed by atoms with Gasteiger partial charge in [0.05, 0.1) is 25.5 Å². The van der Waals surface area contributed by atoms with Gasteiger partial charge in [-0.25, -0.2) is 0 Å². The van der Waals surface area contributed by atoms with E-state index in [2.05, 4.69) is 50.6 Å². The van der Waals surface area contributed by atoms with Crippen molar-refractivity contribution in [3.8, 4) is 0 Å². The van der Waals surface area contributed by atoms with Crippen molar-refractivity contribution in [2.75, 3.05) is 39.9 Å². The van der Waals surface area contributed by atoms with Gasteiger partial charge in [-0.15, -0.1) is 24.0 Å². The summed E-state index contributed by atoms with van der Waals surface area (Å²) < 4.78 is 13.9. The summed E-state index contributed by atoms with van der Waals surface area (Å²) in [5, 5.41) is 7.88. The van der Waals surface area contributed by atoms with Crippen molar-refractivity contribution in [3.63, 3.8) is 0 Å². The van der Waals surface area contributed by atoms with E-state index in [1.54, 1.807) is 0 Å². The fourth-order valence-electron chi connectivity index (χ4n) is 4.27. The van der Waals surface area contributed by atoms with Gasteiger partial charge < -0.3 is 19.7 Å². The molecule has 0 bridgehead atoms.